The topological polar surface area (TPSA) is 47.6 Å². The van der Waals surface area contributed by atoms with E-state index in [0.29, 0.717) is 15.7 Å². The van der Waals surface area contributed by atoms with Crippen LogP contribution >= 0.6 is 23.2 Å². The molecular formula is C10H10Cl2N2O. The fourth-order valence-electron chi connectivity index (χ4n) is 0.845. The van der Waals surface area contributed by atoms with Gasteiger partial charge in [-0.05, 0) is 18.2 Å². The third kappa shape index (κ3) is 3.81. The van der Waals surface area contributed by atoms with Gasteiger partial charge in [0.05, 0.1) is 17.8 Å². The van der Waals surface area contributed by atoms with Crippen molar-refractivity contribution in [1.82, 2.24) is 0 Å². The Balaban J connectivity index is 2.81. The average molecular weight is 245 g/mol. The molecule has 2 N–H and O–H groups in total. The number of allylic oxidation sites excluding steroid dienone is 1. The maximum absolute atomic E-state index is 5.90. The van der Waals surface area contributed by atoms with E-state index in [9.17, 15) is 0 Å². The summed E-state index contributed by atoms with van der Waals surface area (Å²) in [6, 6.07) is 5.06. The van der Waals surface area contributed by atoms with Gasteiger partial charge in [0.15, 0.2) is 5.88 Å². The molecular weight excluding hydrogens is 235 g/mol. The molecule has 0 aliphatic heterocycles. The summed E-state index contributed by atoms with van der Waals surface area (Å²) >= 11 is 11.6. The molecule has 0 saturated heterocycles. The minimum atomic E-state index is 0.281. The number of halogens is 2. The highest BCUT2D eigenvalue weighted by atomic mass is 35.5. The molecule has 0 aromatic heterocycles. The minimum Gasteiger partial charge on any atom is -0.483 e. The monoisotopic (exact) mass is 244 g/mol. The van der Waals surface area contributed by atoms with Gasteiger partial charge in [0.2, 0.25) is 0 Å². The molecule has 5 heteroatoms. The quantitative estimate of drug-likeness (QED) is 0.656. The molecule has 3 nitrogen and oxygen atoms in total. The fraction of sp³-hybridized carbons (Fsp3) is 0.100. The third-order valence-electron chi connectivity index (χ3n) is 1.60. The lowest BCUT2D eigenvalue weighted by Gasteiger charge is -1.97. The summed E-state index contributed by atoms with van der Waals surface area (Å²) in [7, 11) is 1.48. The van der Waals surface area contributed by atoms with Crippen LogP contribution in [0, 0.1) is 0 Å². The highest BCUT2D eigenvalue weighted by molar-refractivity contribution is 6.36. The molecule has 0 amide bonds. The van der Waals surface area contributed by atoms with Gasteiger partial charge in [0.1, 0.15) is 0 Å². The van der Waals surface area contributed by atoms with Gasteiger partial charge in [-0.25, -0.2) is 0 Å². The van der Waals surface area contributed by atoms with Crippen molar-refractivity contribution in [3.05, 3.63) is 40.2 Å². The molecule has 0 fully saturated rings. The lowest BCUT2D eigenvalue weighted by atomic mass is 10.3. The first-order valence-corrected chi connectivity index (χ1v) is 4.88. The van der Waals surface area contributed by atoms with Gasteiger partial charge >= 0.3 is 0 Å². The molecule has 0 saturated carbocycles. The van der Waals surface area contributed by atoms with Crippen molar-refractivity contribution in [3.63, 3.8) is 0 Å². The zero-order valence-electron chi connectivity index (χ0n) is 8.08. The van der Waals surface area contributed by atoms with E-state index < -0.39 is 0 Å². The maximum Gasteiger partial charge on any atom is 0.185 e. The van der Waals surface area contributed by atoms with Crippen LogP contribution in [0.15, 0.2) is 35.2 Å². The number of rotatable bonds is 3. The summed E-state index contributed by atoms with van der Waals surface area (Å²) in [4.78, 5) is 4.08. The Labute approximate surface area is 98.2 Å². The number of aliphatic imine (C=N–C) groups is 1. The van der Waals surface area contributed by atoms with Crippen molar-refractivity contribution < 1.29 is 4.74 Å². The SMILES string of the molecule is COC(N)=CC=Nc1ccc(Cl)cc1Cl. The molecule has 1 rings (SSSR count). The predicted octanol–water partition coefficient (Wildman–Crippen LogP) is 3.14. The van der Waals surface area contributed by atoms with E-state index >= 15 is 0 Å². The minimum absolute atomic E-state index is 0.281. The van der Waals surface area contributed by atoms with Crippen LogP contribution in [0.4, 0.5) is 5.69 Å². The molecule has 0 aliphatic rings. The molecule has 1 aromatic rings. The van der Waals surface area contributed by atoms with Crippen LogP contribution in [-0.2, 0) is 4.74 Å². The molecule has 0 heterocycles. The van der Waals surface area contributed by atoms with Crippen LogP contribution in [0.2, 0.25) is 10.0 Å². The summed E-state index contributed by atoms with van der Waals surface area (Å²) in [5, 5.41) is 1.06. The summed E-state index contributed by atoms with van der Waals surface area (Å²) in [6.45, 7) is 0. The highest BCUT2D eigenvalue weighted by Crippen LogP contribution is 2.27. The molecule has 80 valence electrons. The second-order valence-corrected chi connectivity index (χ2v) is 3.49. The van der Waals surface area contributed by atoms with Crippen molar-refractivity contribution in [3.8, 4) is 0 Å². The average Bonchev–Trinajstić information content (AvgIpc) is 2.21. The van der Waals surface area contributed by atoms with E-state index in [4.69, 9.17) is 33.7 Å². The van der Waals surface area contributed by atoms with Gasteiger partial charge in [-0.15, -0.1) is 0 Å². The normalized spacial score (nSPS) is 12.1. The third-order valence-corrected chi connectivity index (χ3v) is 2.14. The zero-order valence-corrected chi connectivity index (χ0v) is 9.59. The van der Waals surface area contributed by atoms with Crippen LogP contribution in [0.25, 0.3) is 0 Å². The largest absolute Gasteiger partial charge is 0.483 e. The summed E-state index contributed by atoms with van der Waals surface area (Å²) in [6.07, 6.45) is 3.04. The second kappa shape index (κ2) is 5.63. The van der Waals surface area contributed by atoms with Crippen molar-refractivity contribution in [2.24, 2.45) is 10.7 Å². The Kier molecular flexibility index (Phi) is 4.46. The van der Waals surface area contributed by atoms with Gasteiger partial charge in [0, 0.05) is 17.3 Å². The van der Waals surface area contributed by atoms with Crippen LogP contribution < -0.4 is 5.73 Å². The van der Waals surface area contributed by atoms with Crippen molar-refractivity contribution in [2.45, 2.75) is 0 Å². The van der Waals surface area contributed by atoms with Gasteiger partial charge in [0.25, 0.3) is 0 Å². The highest BCUT2D eigenvalue weighted by Gasteiger charge is 1.97. The molecule has 0 radical (unpaired) electrons. The Bertz CT molecular complexity index is 402. The smallest absolute Gasteiger partial charge is 0.185 e. The Hall–Kier alpha value is -1.19. The molecule has 0 aliphatic carbocycles. The number of methoxy groups -OCH3 is 1. The number of nitrogens with zero attached hydrogens (tertiary/aromatic N) is 1. The first-order valence-electron chi connectivity index (χ1n) is 4.12. The summed E-state index contributed by atoms with van der Waals surface area (Å²) in [5.74, 6) is 0.281. The van der Waals surface area contributed by atoms with E-state index in [-0.39, 0.29) is 5.88 Å². The van der Waals surface area contributed by atoms with Gasteiger partial charge in [-0.1, -0.05) is 23.2 Å². The number of hydrogen-bond donors (Lipinski definition) is 1. The molecule has 15 heavy (non-hydrogen) atoms. The number of benzene rings is 1. The van der Waals surface area contributed by atoms with Gasteiger partial charge in [-0.2, -0.15) is 0 Å². The molecule has 1 aromatic carbocycles. The Morgan fingerprint density at radius 3 is 2.80 bits per heavy atom. The van der Waals surface area contributed by atoms with E-state index in [2.05, 4.69) is 4.99 Å². The fourth-order valence-corrected chi connectivity index (χ4v) is 1.30. The van der Waals surface area contributed by atoms with Crippen LogP contribution in [0.3, 0.4) is 0 Å². The van der Waals surface area contributed by atoms with E-state index in [0.717, 1.165) is 0 Å². The molecule has 0 unspecified atom stereocenters. The summed E-state index contributed by atoms with van der Waals surface area (Å²) in [5.41, 5.74) is 6.02. The first-order chi connectivity index (χ1) is 7.13. The lowest BCUT2D eigenvalue weighted by Crippen LogP contribution is -1.98. The second-order valence-electron chi connectivity index (χ2n) is 2.65. The Morgan fingerprint density at radius 2 is 2.20 bits per heavy atom. The van der Waals surface area contributed by atoms with Crippen LogP contribution in [-0.4, -0.2) is 13.3 Å². The number of ether oxygens (including phenoxy) is 1. The van der Waals surface area contributed by atoms with E-state index in [1.807, 2.05) is 0 Å². The van der Waals surface area contributed by atoms with Crippen molar-refractivity contribution in [2.75, 3.05) is 7.11 Å². The van der Waals surface area contributed by atoms with E-state index in [1.54, 1.807) is 18.2 Å². The number of nitrogens with two attached hydrogens (primary N) is 1. The van der Waals surface area contributed by atoms with Gasteiger partial charge in [-0.3, -0.25) is 4.99 Å². The lowest BCUT2D eigenvalue weighted by molar-refractivity contribution is 0.288. The standard InChI is InChI=1S/C10H10Cl2N2O/c1-15-10(13)4-5-14-9-3-2-7(11)6-8(9)12/h2-6H,13H2,1H3. The zero-order chi connectivity index (χ0) is 11.3. The number of hydrogen-bond acceptors (Lipinski definition) is 3. The predicted molar refractivity (Wildman–Crippen MR) is 63.9 cm³/mol. The molecule has 0 bridgehead atoms. The van der Waals surface area contributed by atoms with E-state index in [1.165, 1.54) is 19.4 Å². The van der Waals surface area contributed by atoms with Crippen molar-refractivity contribution in [1.29, 1.82) is 0 Å². The summed E-state index contributed by atoms with van der Waals surface area (Å²) < 4.78 is 4.73. The Morgan fingerprint density at radius 1 is 1.47 bits per heavy atom. The maximum atomic E-state index is 5.90. The van der Waals surface area contributed by atoms with Crippen LogP contribution in [0.5, 0.6) is 0 Å². The van der Waals surface area contributed by atoms with Crippen LogP contribution in [0.1, 0.15) is 0 Å². The molecule has 0 atom stereocenters. The van der Waals surface area contributed by atoms with Crippen molar-refractivity contribution >= 4 is 35.1 Å². The first kappa shape index (κ1) is 11.9. The molecule has 0 spiro atoms. The van der Waals surface area contributed by atoms with Gasteiger partial charge < -0.3 is 10.5 Å².